The van der Waals surface area contributed by atoms with Gasteiger partial charge < -0.3 is 5.32 Å². The standard InChI is InChI=1S/C12H16N2/c1-2-11(8-13-5-1)14-12-7-9-3-4-10(12)6-9/h1-2,5,8-10,12,14H,3-4,6-7H2/t9-,10-,12-/m0/s1. The third kappa shape index (κ3) is 1.39. The fraction of sp³-hybridized carbons (Fsp3) is 0.583. The van der Waals surface area contributed by atoms with Crippen molar-refractivity contribution in [1.29, 1.82) is 0 Å². The molecule has 0 aromatic carbocycles. The predicted molar refractivity (Wildman–Crippen MR) is 57.1 cm³/mol. The first kappa shape index (κ1) is 8.27. The zero-order valence-corrected chi connectivity index (χ0v) is 8.32. The molecule has 2 aliphatic carbocycles. The van der Waals surface area contributed by atoms with Crippen molar-refractivity contribution in [2.75, 3.05) is 5.32 Å². The first-order valence-corrected chi connectivity index (χ1v) is 5.58. The predicted octanol–water partition coefficient (Wildman–Crippen LogP) is 2.68. The molecule has 1 aromatic rings. The van der Waals surface area contributed by atoms with E-state index in [9.17, 15) is 0 Å². The third-order valence-electron chi connectivity index (χ3n) is 3.75. The van der Waals surface area contributed by atoms with Crippen molar-refractivity contribution in [3.63, 3.8) is 0 Å². The summed E-state index contributed by atoms with van der Waals surface area (Å²) in [6, 6.07) is 4.83. The maximum atomic E-state index is 4.13. The van der Waals surface area contributed by atoms with Gasteiger partial charge in [-0.2, -0.15) is 0 Å². The number of rotatable bonds is 2. The van der Waals surface area contributed by atoms with Crippen LogP contribution in [0.5, 0.6) is 0 Å². The van der Waals surface area contributed by atoms with Crippen molar-refractivity contribution in [1.82, 2.24) is 4.98 Å². The quantitative estimate of drug-likeness (QED) is 0.771. The van der Waals surface area contributed by atoms with E-state index < -0.39 is 0 Å². The van der Waals surface area contributed by atoms with Gasteiger partial charge in [0.15, 0.2) is 0 Å². The van der Waals surface area contributed by atoms with Crippen LogP contribution in [0.2, 0.25) is 0 Å². The van der Waals surface area contributed by atoms with Crippen LogP contribution >= 0.6 is 0 Å². The summed E-state index contributed by atoms with van der Waals surface area (Å²) in [6.07, 6.45) is 9.48. The molecule has 2 aliphatic rings. The number of nitrogens with zero attached hydrogens (tertiary/aromatic N) is 1. The summed E-state index contributed by atoms with van der Waals surface area (Å²) in [4.78, 5) is 4.13. The lowest BCUT2D eigenvalue weighted by molar-refractivity contribution is 0.439. The number of fused-ring (bicyclic) bond motifs is 2. The van der Waals surface area contributed by atoms with E-state index in [-0.39, 0.29) is 0 Å². The van der Waals surface area contributed by atoms with Crippen LogP contribution in [0.25, 0.3) is 0 Å². The van der Waals surface area contributed by atoms with Crippen molar-refractivity contribution < 1.29 is 0 Å². The molecule has 0 aliphatic heterocycles. The summed E-state index contributed by atoms with van der Waals surface area (Å²) >= 11 is 0. The van der Waals surface area contributed by atoms with Crippen LogP contribution in [0.3, 0.4) is 0 Å². The Hall–Kier alpha value is -1.05. The maximum Gasteiger partial charge on any atom is 0.0528 e. The Labute approximate surface area is 84.7 Å². The second-order valence-corrected chi connectivity index (χ2v) is 4.67. The van der Waals surface area contributed by atoms with Crippen LogP contribution in [0, 0.1) is 11.8 Å². The van der Waals surface area contributed by atoms with E-state index in [0.717, 1.165) is 17.9 Å². The largest absolute Gasteiger partial charge is 0.381 e. The molecule has 14 heavy (non-hydrogen) atoms. The second-order valence-electron chi connectivity index (χ2n) is 4.67. The molecule has 74 valence electrons. The van der Waals surface area contributed by atoms with Crippen LogP contribution in [-0.4, -0.2) is 11.0 Å². The van der Waals surface area contributed by atoms with E-state index in [1.54, 1.807) is 0 Å². The summed E-state index contributed by atoms with van der Waals surface area (Å²) in [5.74, 6) is 1.94. The normalized spacial score (nSPS) is 34.7. The van der Waals surface area contributed by atoms with E-state index in [1.165, 1.54) is 31.4 Å². The minimum Gasteiger partial charge on any atom is -0.381 e. The molecule has 1 N–H and O–H groups in total. The summed E-state index contributed by atoms with van der Waals surface area (Å²) < 4.78 is 0. The van der Waals surface area contributed by atoms with Gasteiger partial charge in [-0.15, -0.1) is 0 Å². The van der Waals surface area contributed by atoms with Crippen molar-refractivity contribution in [3.05, 3.63) is 24.5 Å². The fourth-order valence-electron chi connectivity index (χ4n) is 3.08. The minimum atomic E-state index is 0.720. The average Bonchev–Trinajstić information content (AvgIpc) is 2.81. The Bertz CT molecular complexity index is 309. The number of aromatic nitrogens is 1. The molecule has 2 fully saturated rings. The highest BCUT2D eigenvalue weighted by molar-refractivity contribution is 5.41. The summed E-state index contributed by atoms with van der Waals surface area (Å²) in [7, 11) is 0. The molecule has 0 saturated heterocycles. The monoisotopic (exact) mass is 188 g/mol. The van der Waals surface area contributed by atoms with Gasteiger partial charge in [-0.05, 0) is 43.2 Å². The molecule has 2 heteroatoms. The molecule has 0 spiro atoms. The molecular formula is C12H16N2. The summed E-state index contributed by atoms with van der Waals surface area (Å²) in [5, 5.41) is 3.61. The molecular weight excluding hydrogens is 172 g/mol. The van der Waals surface area contributed by atoms with Crippen molar-refractivity contribution in [2.24, 2.45) is 11.8 Å². The van der Waals surface area contributed by atoms with Gasteiger partial charge in [0, 0.05) is 18.4 Å². The van der Waals surface area contributed by atoms with Gasteiger partial charge in [0.25, 0.3) is 0 Å². The first-order valence-electron chi connectivity index (χ1n) is 5.58. The molecule has 2 nitrogen and oxygen atoms in total. The third-order valence-corrected chi connectivity index (χ3v) is 3.75. The smallest absolute Gasteiger partial charge is 0.0528 e. The van der Waals surface area contributed by atoms with Crippen molar-refractivity contribution >= 4 is 5.69 Å². The van der Waals surface area contributed by atoms with Crippen molar-refractivity contribution in [3.8, 4) is 0 Å². The molecule has 3 rings (SSSR count). The minimum absolute atomic E-state index is 0.720. The Balaban J connectivity index is 1.69. The molecule has 1 heterocycles. The summed E-state index contributed by atoms with van der Waals surface area (Å²) in [6.45, 7) is 0. The number of pyridine rings is 1. The highest BCUT2D eigenvalue weighted by Crippen LogP contribution is 2.45. The van der Waals surface area contributed by atoms with Crippen LogP contribution in [0.1, 0.15) is 25.7 Å². The van der Waals surface area contributed by atoms with Crippen LogP contribution in [0.4, 0.5) is 5.69 Å². The molecule has 2 saturated carbocycles. The highest BCUT2D eigenvalue weighted by Gasteiger charge is 2.39. The van der Waals surface area contributed by atoms with Crippen LogP contribution in [-0.2, 0) is 0 Å². The molecule has 0 amide bonds. The van der Waals surface area contributed by atoms with E-state index in [2.05, 4.69) is 16.4 Å². The van der Waals surface area contributed by atoms with Gasteiger partial charge in [0.2, 0.25) is 0 Å². The first-order chi connectivity index (χ1) is 6.92. The van der Waals surface area contributed by atoms with Gasteiger partial charge >= 0.3 is 0 Å². The van der Waals surface area contributed by atoms with Gasteiger partial charge in [-0.25, -0.2) is 0 Å². The molecule has 1 aromatic heterocycles. The van der Waals surface area contributed by atoms with Crippen molar-refractivity contribution in [2.45, 2.75) is 31.7 Å². The number of nitrogens with one attached hydrogen (secondary N) is 1. The zero-order valence-electron chi connectivity index (χ0n) is 8.32. The van der Waals surface area contributed by atoms with Gasteiger partial charge in [0.1, 0.15) is 0 Å². The molecule has 2 bridgehead atoms. The highest BCUT2D eigenvalue weighted by atomic mass is 15.0. The number of hydrogen-bond donors (Lipinski definition) is 1. The van der Waals surface area contributed by atoms with Gasteiger partial charge in [0.05, 0.1) is 5.69 Å². The fourth-order valence-corrected chi connectivity index (χ4v) is 3.08. The SMILES string of the molecule is c1cncc(N[C@H]2C[C@H]3CC[C@H]2C3)c1. The van der Waals surface area contributed by atoms with Crippen LogP contribution in [0.15, 0.2) is 24.5 Å². The Morgan fingerprint density at radius 2 is 2.29 bits per heavy atom. The Morgan fingerprint density at radius 1 is 1.29 bits per heavy atom. The van der Waals surface area contributed by atoms with Gasteiger partial charge in [-0.1, -0.05) is 6.42 Å². The van der Waals surface area contributed by atoms with Crippen LogP contribution < -0.4 is 5.32 Å². The van der Waals surface area contributed by atoms with E-state index in [0.29, 0.717) is 0 Å². The van der Waals surface area contributed by atoms with E-state index in [1.807, 2.05) is 18.5 Å². The lowest BCUT2D eigenvalue weighted by Gasteiger charge is -2.23. The topological polar surface area (TPSA) is 24.9 Å². The maximum absolute atomic E-state index is 4.13. The molecule has 3 atom stereocenters. The lowest BCUT2D eigenvalue weighted by atomic mass is 9.95. The zero-order chi connectivity index (χ0) is 9.38. The van der Waals surface area contributed by atoms with E-state index in [4.69, 9.17) is 0 Å². The van der Waals surface area contributed by atoms with E-state index >= 15 is 0 Å². The Morgan fingerprint density at radius 3 is 2.93 bits per heavy atom. The summed E-state index contributed by atoms with van der Waals surface area (Å²) in [5.41, 5.74) is 1.19. The lowest BCUT2D eigenvalue weighted by Crippen LogP contribution is -2.25. The number of anilines is 1. The second kappa shape index (κ2) is 3.26. The molecule has 0 radical (unpaired) electrons. The number of hydrogen-bond acceptors (Lipinski definition) is 2. The Kier molecular flexibility index (Phi) is 1.93. The molecule has 0 unspecified atom stereocenters. The average molecular weight is 188 g/mol. The van der Waals surface area contributed by atoms with Gasteiger partial charge in [-0.3, -0.25) is 4.98 Å².